The quantitative estimate of drug-likeness (QED) is 0.772. The van der Waals surface area contributed by atoms with Crippen molar-refractivity contribution in [2.24, 2.45) is 0 Å². The first-order valence-electron chi connectivity index (χ1n) is 5.82. The monoisotopic (exact) mass is 235 g/mol. The van der Waals surface area contributed by atoms with Gasteiger partial charge < -0.3 is 9.80 Å². The molecule has 17 heavy (non-hydrogen) atoms. The molecule has 4 nitrogen and oxygen atoms in total. The highest BCUT2D eigenvalue weighted by Crippen LogP contribution is 2.03. The maximum absolute atomic E-state index is 11.5. The topological polar surface area (TPSA) is 36.4 Å². The van der Waals surface area contributed by atoms with E-state index in [0.717, 1.165) is 24.5 Å². The van der Waals surface area contributed by atoms with Crippen molar-refractivity contribution < 1.29 is 4.79 Å². The third kappa shape index (κ3) is 4.95. The number of amides is 1. The predicted octanol–water partition coefficient (Wildman–Crippen LogP) is 1.30. The largest absolute Gasteiger partial charge is 0.336 e. The van der Waals surface area contributed by atoms with Crippen molar-refractivity contribution >= 4 is 5.91 Å². The first-order chi connectivity index (χ1) is 7.99. The highest BCUT2D eigenvalue weighted by Gasteiger charge is 2.10. The van der Waals surface area contributed by atoms with Gasteiger partial charge in [0.25, 0.3) is 0 Å². The van der Waals surface area contributed by atoms with Crippen molar-refractivity contribution in [3.8, 4) is 0 Å². The third-order valence-corrected chi connectivity index (χ3v) is 2.56. The molecule has 0 atom stereocenters. The number of aromatic nitrogens is 1. The number of hydrogen-bond donors (Lipinski definition) is 0. The van der Waals surface area contributed by atoms with Gasteiger partial charge in [0, 0.05) is 25.7 Å². The van der Waals surface area contributed by atoms with Gasteiger partial charge in [-0.1, -0.05) is 6.07 Å². The molecule has 0 radical (unpaired) electrons. The van der Waals surface area contributed by atoms with Gasteiger partial charge in [0.2, 0.25) is 5.91 Å². The summed E-state index contributed by atoms with van der Waals surface area (Å²) in [6.07, 6.45) is 0. The zero-order valence-corrected chi connectivity index (χ0v) is 11.1. The Hall–Kier alpha value is -1.42. The van der Waals surface area contributed by atoms with Crippen LogP contribution < -0.4 is 0 Å². The number of carbonyl (C=O) groups is 1. The van der Waals surface area contributed by atoms with E-state index in [1.165, 1.54) is 0 Å². The second kappa shape index (κ2) is 6.35. The minimum absolute atomic E-state index is 0.0927. The van der Waals surface area contributed by atoms with Crippen LogP contribution in [0.2, 0.25) is 0 Å². The molecule has 1 aromatic heterocycles. The lowest BCUT2D eigenvalue weighted by molar-refractivity contribution is -0.129. The summed E-state index contributed by atoms with van der Waals surface area (Å²) >= 11 is 0. The van der Waals surface area contributed by atoms with Crippen molar-refractivity contribution in [1.82, 2.24) is 14.8 Å². The van der Waals surface area contributed by atoms with Gasteiger partial charge in [-0.3, -0.25) is 9.78 Å². The molecule has 1 amide bonds. The van der Waals surface area contributed by atoms with Gasteiger partial charge in [-0.05, 0) is 33.2 Å². The summed E-state index contributed by atoms with van der Waals surface area (Å²) in [6, 6.07) is 5.89. The van der Waals surface area contributed by atoms with Gasteiger partial charge in [0.1, 0.15) is 0 Å². The molecule has 0 aromatic carbocycles. The first-order valence-corrected chi connectivity index (χ1v) is 5.82. The zero-order chi connectivity index (χ0) is 12.8. The summed E-state index contributed by atoms with van der Waals surface area (Å²) in [6.45, 7) is 5.75. The SMILES string of the molecule is CC(=O)N(CCN(C)C)Cc1cccc(C)n1. The van der Waals surface area contributed by atoms with Crippen LogP contribution in [-0.4, -0.2) is 47.9 Å². The number of pyridine rings is 1. The fourth-order valence-corrected chi connectivity index (χ4v) is 1.55. The van der Waals surface area contributed by atoms with E-state index < -0.39 is 0 Å². The Kier molecular flexibility index (Phi) is 5.10. The standard InChI is InChI=1S/C13H21N3O/c1-11-6-5-7-13(14-11)10-16(12(2)17)9-8-15(3)4/h5-7H,8-10H2,1-4H3. The highest BCUT2D eigenvalue weighted by molar-refractivity contribution is 5.73. The van der Waals surface area contributed by atoms with Gasteiger partial charge in [0.05, 0.1) is 12.2 Å². The minimum Gasteiger partial charge on any atom is -0.336 e. The Labute approximate surface area is 103 Å². The number of nitrogens with zero attached hydrogens (tertiary/aromatic N) is 3. The Balaban J connectivity index is 2.63. The second-order valence-electron chi connectivity index (χ2n) is 4.51. The minimum atomic E-state index is 0.0927. The van der Waals surface area contributed by atoms with E-state index >= 15 is 0 Å². The summed E-state index contributed by atoms with van der Waals surface area (Å²) in [5.41, 5.74) is 1.93. The smallest absolute Gasteiger partial charge is 0.219 e. The van der Waals surface area contributed by atoms with Crippen LogP contribution in [-0.2, 0) is 11.3 Å². The molecule has 0 aliphatic rings. The molecular formula is C13H21N3O. The molecule has 0 unspecified atom stereocenters. The lowest BCUT2D eigenvalue weighted by Crippen LogP contribution is -2.34. The predicted molar refractivity (Wildman–Crippen MR) is 68.6 cm³/mol. The van der Waals surface area contributed by atoms with Gasteiger partial charge in [-0.25, -0.2) is 0 Å². The van der Waals surface area contributed by atoms with Crippen LogP contribution in [0.25, 0.3) is 0 Å². The van der Waals surface area contributed by atoms with E-state index in [0.29, 0.717) is 6.54 Å². The number of hydrogen-bond acceptors (Lipinski definition) is 3. The van der Waals surface area contributed by atoms with Gasteiger partial charge in [0.15, 0.2) is 0 Å². The normalized spacial score (nSPS) is 10.6. The first kappa shape index (κ1) is 13.6. The second-order valence-corrected chi connectivity index (χ2v) is 4.51. The molecular weight excluding hydrogens is 214 g/mol. The van der Waals surface area contributed by atoms with E-state index in [1.807, 2.05) is 44.1 Å². The van der Waals surface area contributed by atoms with Crippen LogP contribution >= 0.6 is 0 Å². The molecule has 94 valence electrons. The Bertz CT molecular complexity index is 377. The Morgan fingerprint density at radius 2 is 2.00 bits per heavy atom. The van der Waals surface area contributed by atoms with Crippen LogP contribution in [0.4, 0.5) is 0 Å². The molecule has 1 heterocycles. The van der Waals surface area contributed by atoms with Crippen LogP contribution in [0, 0.1) is 6.92 Å². The van der Waals surface area contributed by atoms with Crippen molar-refractivity contribution in [2.45, 2.75) is 20.4 Å². The lowest BCUT2D eigenvalue weighted by Gasteiger charge is -2.22. The summed E-state index contributed by atoms with van der Waals surface area (Å²) in [7, 11) is 4.01. The summed E-state index contributed by atoms with van der Waals surface area (Å²) in [4.78, 5) is 19.8. The average Bonchev–Trinajstić information content (AvgIpc) is 2.23. The molecule has 0 bridgehead atoms. The van der Waals surface area contributed by atoms with Crippen molar-refractivity contribution in [2.75, 3.05) is 27.2 Å². The number of rotatable bonds is 5. The molecule has 0 saturated heterocycles. The maximum atomic E-state index is 11.5. The van der Waals surface area contributed by atoms with Crippen LogP contribution in [0.1, 0.15) is 18.3 Å². The fourth-order valence-electron chi connectivity index (χ4n) is 1.55. The van der Waals surface area contributed by atoms with E-state index in [-0.39, 0.29) is 5.91 Å². The van der Waals surface area contributed by atoms with Crippen molar-refractivity contribution in [3.63, 3.8) is 0 Å². The summed E-state index contributed by atoms with van der Waals surface area (Å²) in [5.74, 6) is 0.0927. The highest BCUT2D eigenvalue weighted by atomic mass is 16.2. The number of likely N-dealkylation sites (N-methyl/N-ethyl adjacent to an activating group) is 1. The molecule has 0 saturated carbocycles. The van der Waals surface area contributed by atoms with Crippen LogP contribution in [0.3, 0.4) is 0 Å². The van der Waals surface area contributed by atoms with E-state index in [4.69, 9.17) is 0 Å². The van der Waals surface area contributed by atoms with Crippen molar-refractivity contribution in [3.05, 3.63) is 29.6 Å². The van der Waals surface area contributed by atoms with E-state index in [2.05, 4.69) is 9.88 Å². The molecule has 0 N–H and O–H groups in total. The lowest BCUT2D eigenvalue weighted by atomic mass is 10.3. The molecule has 1 rings (SSSR count). The molecule has 1 aromatic rings. The van der Waals surface area contributed by atoms with Gasteiger partial charge >= 0.3 is 0 Å². The third-order valence-electron chi connectivity index (χ3n) is 2.56. The maximum Gasteiger partial charge on any atom is 0.219 e. The molecule has 0 spiro atoms. The molecule has 4 heteroatoms. The van der Waals surface area contributed by atoms with E-state index in [1.54, 1.807) is 6.92 Å². The summed E-state index contributed by atoms with van der Waals surface area (Å²) in [5, 5.41) is 0. The van der Waals surface area contributed by atoms with Crippen LogP contribution in [0.15, 0.2) is 18.2 Å². The average molecular weight is 235 g/mol. The Morgan fingerprint density at radius 1 is 1.29 bits per heavy atom. The fraction of sp³-hybridized carbons (Fsp3) is 0.538. The number of carbonyl (C=O) groups excluding carboxylic acids is 1. The number of aryl methyl sites for hydroxylation is 1. The van der Waals surface area contributed by atoms with Crippen molar-refractivity contribution in [1.29, 1.82) is 0 Å². The molecule has 0 aliphatic heterocycles. The Morgan fingerprint density at radius 3 is 2.53 bits per heavy atom. The molecule has 0 aliphatic carbocycles. The molecule has 0 fully saturated rings. The zero-order valence-electron chi connectivity index (χ0n) is 11.1. The summed E-state index contributed by atoms with van der Waals surface area (Å²) < 4.78 is 0. The van der Waals surface area contributed by atoms with E-state index in [9.17, 15) is 4.79 Å². The van der Waals surface area contributed by atoms with Gasteiger partial charge in [-0.15, -0.1) is 0 Å². The van der Waals surface area contributed by atoms with Gasteiger partial charge in [-0.2, -0.15) is 0 Å². The van der Waals surface area contributed by atoms with Crippen LogP contribution in [0.5, 0.6) is 0 Å².